The zero-order valence-electron chi connectivity index (χ0n) is 16.7. The summed E-state index contributed by atoms with van der Waals surface area (Å²) in [4.78, 5) is 27.9. The van der Waals surface area contributed by atoms with Crippen molar-refractivity contribution in [2.24, 2.45) is 0 Å². The minimum atomic E-state index is -0.320. The van der Waals surface area contributed by atoms with Gasteiger partial charge in [0.2, 0.25) is 11.8 Å². The van der Waals surface area contributed by atoms with Gasteiger partial charge in [-0.3, -0.25) is 9.59 Å². The van der Waals surface area contributed by atoms with E-state index in [1.165, 1.54) is 12.1 Å². The van der Waals surface area contributed by atoms with Crippen molar-refractivity contribution in [2.45, 2.75) is 31.3 Å². The fraction of sp³-hybridized carbons (Fsp3) is 0.333. The normalized spacial score (nSPS) is 22.6. The molecule has 0 spiro atoms. The van der Waals surface area contributed by atoms with Crippen molar-refractivity contribution in [3.8, 4) is 11.8 Å². The Bertz CT molecular complexity index is 1020. The minimum Gasteiger partial charge on any atom is -0.394 e. The molecule has 2 aromatic rings. The number of fused-ring (bicyclic) bond motifs is 1. The molecule has 2 aliphatic rings. The molecule has 2 amide bonds. The average molecular weight is 406 g/mol. The van der Waals surface area contributed by atoms with Crippen molar-refractivity contribution in [3.63, 3.8) is 0 Å². The summed E-state index contributed by atoms with van der Waals surface area (Å²) in [5, 5.41) is 9.86. The number of nitrogens with zero attached hydrogens (tertiary/aromatic N) is 2. The van der Waals surface area contributed by atoms with Gasteiger partial charge in [0.1, 0.15) is 5.82 Å². The van der Waals surface area contributed by atoms with Gasteiger partial charge in [-0.15, -0.1) is 0 Å². The second-order valence-electron chi connectivity index (χ2n) is 7.65. The predicted octanol–water partition coefficient (Wildman–Crippen LogP) is 2.13. The van der Waals surface area contributed by atoms with Crippen LogP contribution in [0, 0.1) is 17.7 Å². The topological polar surface area (TPSA) is 60.9 Å². The van der Waals surface area contributed by atoms with E-state index in [-0.39, 0.29) is 48.8 Å². The van der Waals surface area contributed by atoms with Crippen LogP contribution in [0.25, 0.3) is 0 Å². The maximum atomic E-state index is 13.3. The first-order chi connectivity index (χ1) is 14.5. The Kier molecular flexibility index (Phi) is 5.56. The molecule has 0 bridgehead atoms. The summed E-state index contributed by atoms with van der Waals surface area (Å²) < 4.78 is 13.3. The van der Waals surface area contributed by atoms with Crippen LogP contribution in [0.3, 0.4) is 0 Å². The van der Waals surface area contributed by atoms with Crippen molar-refractivity contribution in [2.75, 3.05) is 19.7 Å². The first-order valence-electron chi connectivity index (χ1n) is 10.1. The van der Waals surface area contributed by atoms with Crippen LogP contribution in [-0.4, -0.2) is 58.5 Å². The van der Waals surface area contributed by atoms with E-state index in [1.54, 1.807) is 28.9 Å². The molecule has 3 atom stereocenters. The van der Waals surface area contributed by atoms with Gasteiger partial charge in [0.05, 0.1) is 25.2 Å². The lowest BCUT2D eigenvalue weighted by atomic mass is 9.73. The van der Waals surface area contributed by atoms with Crippen LogP contribution in [0.4, 0.5) is 4.39 Å². The monoisotopic (exact) mass is 406 g/mol. The Labute approximate surface area is 175 Å². The predicted molar refractivity (Wildman–Crippen MR) is 110 cm³/mol. The molecule has 2 fully saturated rings. The van der Waals surface area contributed by atoms with E-state index in [0.29, 0.717) is 18.5 Å². The number of carbonyl (C=O) groups excluding carboxylic acids is 2. The molecule has 154 valence electrons. The lowest BCUT2D eigenvalue weighted by molar-refractivity contribution is -0.166. The molecule has 0 aromatic heterocycles. The number of piperazine rings is 1. The van der Waals surface area contributed by atoms with Gasteiger partial charge in [-0.25, -0.2) is 4.39 Å². The van der Waals surface area contributed by atoms with Crippen LogP contribution in [0.2, 0.25) is 0 Å². The highest BCUT2D eigenvalue weighted by molar-refractivity contribution is 5.87. The quantitative estimate of drug-likeness (QED) is 0.795. The van der Waals surface area contributed by atoms with Gasteiger partial charge in [0.25, 0.3) is 0 Å². The summed E-state index contributed by atoms with van der Waals surface area (Å²) in [5.74, 6) is 5.48. The summed E-state index contributed by atoms with van der Waals surface area (Å²) in [7, 11) is 0. The number of hydrogen-bond acceptors (Lipinski definition) is 3. The van der Waals surface area contributed by atoms with E-state index in [2.05, 4.69) is 11.8 Å². The number of amides is 2. The third-order valence-corrected chi connectivity index (χ3v) is 5.88. The Morgan fingerprint density at radius 1 is 1.17 bits per heavy atom. The summed E-state index contributed by atoms with van der Waals surface area (Å²) in [5.41, 5.74) is 2.41. The molecular formula is C24H23FN2O3. The maximum Gasteiger partial charge on any atom is 0.242 e. The Hall–Kier alpha value is -3.17. The Morgan fingerprint density at radius 3 is 2.57 bits per heavy atom. The zero-order chi connectivity index (χ0) is 21.3. The minimum absolute atomic E-state index is 0.0304. The molecule has 0 saturated carbocycles. The Morgan fingerprint density at radius 2 is 1.90 bits per heavy atom. The number of hydrogen-bond donors (Lipinski definition) is 1. The van der Waals surface area contributed by atoms with Crippen molar-refractivity contribution in [1.29, 1.82) is 0 Å². The van der Waals surface area contributed by atoms with Crippen LogP contribution in [0.5, 0.6) is 0 Å². The van der Waals surface area contributed by atoms with E-state index in [9.17, 15) is 19.1 Å². The number of carbonyl (C=O) groups is 2. The third kappa shape index (κ3) is 3.69. The van der Waals surface area contributed by atoms with E-state index >= 15 is 0 Å². The summed E-state index contributed by atoms with van der Waals surface area (Å²) in [6.45, 7) is 2.25. The fourth-order valence-corrected chi connectivity index (χ4v) is 4.41. The first kappa shape index (κ1) is 20.1. The van der Waals surface area contributed by atoms with Gasteiger partial charge in [-0.2, -0.15) is 0 Å². The molecule has 0 aliphatic carbocycles. The molecule has 2 aliphatic heterocycles. The van der Waals surface area contributed by atoms with E-state index in [1.807, 2.05) is 24.3 Å². The van der Waals surface area contributed by atoms with Crippen molar-refractivity contribution >= 4 is 11.8 Å². The molecule has 30 heavy (non-hydrogen) atoms. The average Bonchev–Trinajstić information content (AvgIpc) is 2.74. The first-order valence-corrected chi connectivity index (χ1v) is 10.1. The van der Waals surface area contributed by atoms with Crippen LogP contribution >= 0.6 is 0 Å². The van der Waals surface area contributed by atoms with E-state index in [4.69, 9.17) is 0 Å². The molecule has 4 rings (SSSR count). The van der Waals surface area contributed by atoms with Gasteiger partial charge in [0, 0.05) is 30.0 Å². The third-order valence-electron chi connectivity index (χ3n) is 5.88. The van der Waals surface area contributed by atoms with Gasteiger partial charge in [0.15, 0.2) is 0 Å². The highest BCUT2D eigenvalue weighted by Gasteiger charge is 2.54. The van der Waals surface area contributed by atoms with Crippen molar-refractivity contribution in [3.05, 3.63) is 71.0 Å². The van der Waals surface area contributed by atoms with E-state index in [0.717, 1.165) is 11.1 Å². The van der Waals surface area contributed by atoms with E-state index < -0.39 is 0 Å². The highest BCUT2D eigenvalue weighted by atomic mass is 19.1. The lowest BCUT2D eigenvalue weighted by Crippen LogP contribution is -2.73. The molecule has 0 radical (unpaired) electrons. The SMILES string of the molecule is CCC(=O)N1CC(=O)N2[C@@H](CO)[C@H](c3ccc(C#Cc4cccc(F)c4)cc3)[C@@H]2C1. The zero-order valence-corrected chi connectivity index (χ0v) is 16.7. The molecule has 5 nitrogen and oxygen atoms in total. The van der Waals surface area contributed by atoms with Gasteiger partial charge in [-0.1, -0.05) is 37.0 Å². The number of halogens is 1. The molecular weight excluding hydrogens is 383 g/mol. The highest BCUT2D eigenvalue weighted by Crippen LogP contribution is 2.42. The summed E-state index contributed by atoms with van der Waals surface area (Å²) in [6, 6.07) is 13.4. The molecule has 2 aromatic carbocycles. The number of aliphatic hydroxyl groups excluding tert-OH is 1. The second kappa shape index (κ2) is 8.29. The van der Waals surface area contributed by atoms with Gasteiger partial charge < -0.3 is 14.9 Å². The molecule has 2 heterocycles. The van der Waals surface area contributed by atoms with Gasteiger partial charge in [-0.05, 0) is 35.9 Å². The molecule has 1 N–H and O–H groups in total. The largest absolute Gasteiger partial charge is 0.394 e. The van der Waals surface area contributed by atoms with Crippen molar-refractivity contribution < 1.29 is 19.1 Å². The van der Waals surface area contributed by atoms with Crippen LogP contribution in [0.15, 0.2) is 48.5 Å². The van der Waals surface area contributed by atoms with Gasteiger partial charge >= 0.3 is 0 Å². The standard InChI is InChI=1S/C24H23FN2O3/c1-2-22(29)26-13-20-24(21(15-28)27(20)23(30)14-26)18-10-8-16(9-11-18)6-7-17-4-3-5-19(25)12-17/h3-5,8-12,20-21,24,28H,2,13-15H2,1H3/t20-,21-,24+/m0/s1. The number of rotatable bonds is 3. The molecule has 0 unspecified atom stereocenters. The lowest BCUT2D eigenvalue weighted by Gasteiger charge is -2.58. The van der Waals surface area contributed by atoms with Crippen LogP contribution in [-0.2, 0) is 9.59 Å². The number of benzene rings is 2. The maximum absolute atomic E-state index is 13.3. The summed E-state index contributed by atoms with van der Waals surface area (Å²) >= 11 is 0. The summed E-state index contributed by atoms with van der Waals surface area (Å²) in [6.07, 6.45) is 0.368. The van der Waals surface area contributed by atoms with Crippen molar-refractivity contribution in [1.82, 2.24) is 9.80 Å². The fourth-order valence-electron chi connectivity index (χ4n) is 4.41. The van der Waals surface area contributed by atoms with Crippen LogP contribution < -0.4 is 0 Å². The molecule has 2 saturated heterocycles. The Balaban J connectivity index is 1.53. The van der Waals surface area contributed by atoms with Crippen LogP contribution in [0.1, 0.15) is 36.0 Å². The number of aliphatic hydroxyl groups is 1. The smallest absolute Gasteiger partial charge is 0.242 e. The second-order valence-corrected chi connectivity index (χ2v) is 7.65. The molecule has 6 heteroatoms.